The van der Waals surface area contributed by atoms with Gasteiger partial charge in [-0.25, -0.2) is 4.98 Å². The lowest BCUT2D eigenvalue weighted by molar-refractivity contribution is 0.0194. The van der Waals surface area contributed by atoms with Crippen LogP contribution in [0.1, 0.15) is 47.3 Å². The minimum Gasteiger partial charge on any atom is -0.497 e. The lowest BCUT2D eigenvalue weighted by Gasteiger charge is -2.17. The van der Waals surface area contributed by atoms with Crippen molar-refractivity contribution in [2.75, 3.05) is 14.2 Å². The third kappa shape index (κ3) is 6.55. The maximum absolute atomic E-state index is 12.9. The van der Waals surface area contributed by atoms with E-state index in [1.54, 1.807) is 14.2 Å². The van der Waals surface area contributed by atoms with Gasteiger partial charge in [0, 0.05) is 22.5 Å². The summed E-state index contributed by atoms with van der Waals surface area (Å²) < 4.78 is 16.6. The predicted molar refractivity (Wildman–Crippen MR) is 132 cm³/mol. The summed E-state index contributed by atoms with van der Waals surface area (Å²) in [5.41, 5.74) is 3.46. The van der Waals surface area contributed by atoms with Gasteiger partial charge in [-0.05, 0) is 70.0 Å². The molecule has 176 valence electrons. The molecule has 0 radical (unpaired) electrons. The minimum absolute atomic E-state index is 0.106. The molecule has 7 heteroatoms. The highest BCUT2D eigenvalue weighted by Gasteiger charge is 2.17. The zero-order valence-electron chi connectivity index (χ0n) is 20.1. The van der Waals surface area contributed by atoms with E-state index in [4.69, 9.17) is 14.2 Å². The van der Waals surface area contributed by atoms with Gasteiger partial charge in [-0.3, -0.25) is 4.79 Å². The van der Waals surface area contributed by atoms with E-state index >= 15 is 0 Å². The molecule has 0 aliphatic heterocycles. The number of hydrogen-bond acceptors (Lipinski definition) is 6. The molecule has 0 fully saturated rings. The van der Waals surface area contributed by atoms with E-state index in [1.807, 2.05) is 57.2 Å². The van der Waals surface area contributed by atoms with Crippen LogP contribution in [0.5, 0.6) is 11.5 Å². The van der Waals surface area contributed by atoms with Crippen molar-refractivity contribution in [3.8, 4) is 22.1 Å². The highest BCUT2D eigenvalue weighted by Crippen LogP contribution is 2.29. The molecule has 2 aromatic carbocycles. The zero-order chi connectivity index (χ0) is 24.0. The zero-order valence-corrected chi connectivity index (χ0v) is 20.9. The Bertz CT molecular complexity index is 1080. The van der Waals surface area contributed by atoms with Crippen LogP contribution >= 0.6 is 11.3 Å². The topological polar surface area (TPSA) is 69.7 Å². The number of carbonyl (C=O) groups is 1. The van der Waals surface area contributed by atoms with Crippen molar-refractivity contribution in [1.29, 1.82) is 0 Å². The number of nitrogens with zero attached hydrogens (tertiary/aromatic N) is 1. The van der Waals surface area contributed by atoms with Crippen LogP contribution in [0.3, 0.4) is 0 Å². The summed E-state index contributed by atoms with van der Waals surface area (Å²) in [6.07, 6.45) is 1.08. The summed E-state index contributed by atoms with van der Waals surface area (Å²) in [6.45, 7) is 8.40. The van der Waals surface area contributed by atoms with E-state index in [0.717, 1.165) is 44.5 Å². The van der Waals surface area contributed by atoms with Crippen LogP contribution in [0.15, 0.2) is 42.5 Å². The van der Waals surface area contributed by atoms with Gasteiger partial charge < -0.3 is 19.5 Å². The Morgan fingerprint density at radius 2 is 1.79 bits per heavy atom. The Balaban J connectivity index is 1.71. The lowest BCUT2D eigenvalue weighted by Crippen LogP contribution is -2.24. The number of methoxy groups -OCH3 is 2. The van der Waals surface area contributed by atoms with Gasteiger partial charge in [0.05, 0.1) is 26.4 Å². The number of aryl methyl sites for hydroxylation is 1. The van der Waals surface area contributed by atoms with Gasteiger partial charge in [0.1, 0.15) is 22.2 Å². The average Bonchev–Trinajstić information content (AvgIpc) is 3.18. The first-order chi connectivity index (χ1) is 15.8. The first-order valence-electron chi connectivity index (χ1n) is 11.0. The first kappa shape index (κ1) is 24.7. The number of aromatic nitrogens is 1. The Hall–Kier alpha value is -2.90. The van der Waals surface area contributed by atoms with Gasteiger partial charge >= 0.3 is 0 Å². The monoisotopic (exact) mass is 468 g/mol. The molecule has 0 saturated carbocycles. The van der Waals surface area contributed by atoms with Crippen molar-refractivity contribution in [3.63, 3.8) is 0 Å². The predicted octanol–water partition coefficient (Wildman–Crippen LogP) is 5.42. The normalized spacial score (nSPS) is 12.0. The third-order valence-electron chi connectivity index (χ3n) is 5.16. The van der Waals surface area contributed by atoms with Crippen LogP contribution in [0.2, 0.25) is 0 Å². The average molecular weight is 469 g/mol. The summed E-state index contributed by atoms with van der Waals surface area (Å²) in [5.74, 6) is 1.32. The van der Waals surface area contributed by atoms with Crippen molar-refractivity contribution in [2.45, 2.75) is 52.9 Å². The Labute approximate surface area is 199 Å². The summed E-state index contributed by atoms with van der Waals surface area (Å²) in [7, 11) is 3.27. The van der Waals surface area contributed by atoms with Crippen LogP contribution in [0.4, 0.5) is 0 Å². The second-order valence-electron chi connectivity index (χ2n) is 8.18. The fraction of sp³-hybridized carbons (Fsp3) is 0.385. The largest absolute Gasteiger partial charge is 0.497 e. The number of rotatable bonds is 10. The quantitative estimate of drug-likeness (QED) is 0.430. The van der Waals surface area contributed by atoms with Crippen molar-refractivity contribution >= 4 is 17.2 Å². The highest BCUT2D eigenvalue weighted by molar-refractivity contribution is 7.15. The van der Waals surface area contributed by atoms with Gasteiger partial charge in [-0.15, -0.1) is 11.3 Å². The molecular weight excluding hydrogens is 436 g/mol. The van der Waals surface area contributed by atoms with Crippen molar-refractivity contribution in [2.24, 2.45) is 0 Å². The fourth-order valence-electron chi connectivity index (χ4n) is 3.67. The van der Waals surface area contributed by atoms with Crippen LogP contribution < -0.4 is 14.8 Å². The van der Waals surface area contributed by atoms with Gasteiger partial charge in [-0.2, -0.15) is 0 Å². The standard InChI is InChI=1S/C26H32N2O4S/c1-16(2)32-17(3)13-19-7-12-23(31-6)21(14-19)15-27-25(29)24-18(4)33-26(28-24)20-8-10-22(30-5)11-9-20/h7-12,14,16-17H,13,15H2,1-6H3,(H,27,29). The summed E-state index contributed by atoms with van der Waals surface area (Å²) in [6, 6.07) is 13.7. The molecule has 1 heterocycles. The van der Waals surface area contributed by atoms with Gasteiger partial charge in [0.15, 0.2) is 0 Å². The molecule has 33 heavy (non-hydrogen) atoms. The van der Waals surface area contributed by atoms with Crippen molar-refractivity contribution < 1.29 is 19.0 Å². The van der Waals surface area contributed by atoms with Gasteiger partial charge in [0.2, 0.25) is 0 Å². The number of carbonyl (C=O) groups excluding carboxylic acids is 1. The lowest BCUT2D eigenvalue weighted by atomic mass is 10.0. The van der Waals surface area contributed by atoms with Gasteiger partial charge in [-0.1, -0.05) is 12.1 Å². The summed E-state index contributed by atoms with van der Waals surface area (Å²) >= 11 is 1.50. The first-order valence-corrected chi connectivity index (χ1v) is 11.8. The SMILES string of the molecule is COc1ccc(-c2nc(C(=O)NCc3cc(CC(C)OC(C)C)ccc3OC)c(C)s2)cc1. The van der Waals surface area contributed by atoms with E-state index < -0.39 is 0 Å². The van der Waals surface area contributed by atoms with E-state index in [-0.39, 0.29) is 18.1 Å². The van der Waals surface area contributed by atoms with Crippen LogP contribution in [-0.4, -0.2) is 37.3 Å². The van der Waals surface area contributed by atoms with Gasteiger partial charge in [0.25, 0.3) is 5.91 Å². The van der Waals surface area contributed by atoms with E-state index in [1.165, 1.54) is 11.3 Å². The Morgan fingerprint density at radius 1 is 1.06 bits per heavy atom. The molecule has 1 N–H and O–H groups in total. The molecule has 0 aliphatic carbocycles. The highest BCUT2D eigenvalue weighted by atomic mass is 32.1. The smallest absolute Gasteiger partial charge is 0.271 e. The Morgan fingerprint density at radius 3 is 2.42 bits per heavy atom. The molecule has 1 atom stereocenters. The maximum atomic E-state index is 12.9. The number of hydrogen-bond donors (Lipinski definition) is 1. The van der Waals surface area contributed by atoms with Crippen molar-refractivity contribution in [1.82, 2.24) is 10.3 Å². The molecular formula is C26H32N2O4S. The second kappa shape index (κ2) is 11.3. The minimum atomic E-state index is -0.201. The molecule has 1 unspecified atom stereocenters. The number of thiazole rings is 1. The van der Waals surface area contributed by atoms with Crippen LogP contribution in [0, 0.1) is 6.92 Å². The number of benzene rings is 2. The number of nitrogens with one attached hydrogen (secondary N) is 1. The molecule has 3 rings (SSSR count). The molecule has 0 aliphatic rings. The molecule has 0 bridgehead atoms. The second-order valence-corrected chi connectivity index (χ2v) is 9.38. The third-order valence-corrected chi connectivity index (χ3v) is 6.18. The molecule has 6 nitrogen and oxygen atoms in total. The number of amides is 1. The summed E-state index contributed by atoms with van der Waals surface area (Å²) in [4.78, 5) is 18.4. The molecule has 0 spiro atoms. The Kier molecular flexibility index (Phi) is 8.47. The molecule has 1 amide bonds. The molecule has 3 aromatic rings. The van der Waals surface area contributed by atoms with Crippen LogP contribution in [-0.2, 0) is 17.7 Å². The summed E-state index contributed by atoms with van der Waals surface area (Å²) in [5, 5.41) is 3.81. The van der Waals surface area contributed by atoms with E-state index in [2.05, 4.69) is 23.3 Å². The van der Waals surface area contributed by atoms with E-state index in [9.17, 15) is 4.79 Å². The van der Waals surface area contributed by atoms with Crippen molar-refractivity contribution in [3.05, 3.63) is 64.2 Å². The molecule has 1 aromatic heterocycles. The molecule has 0 saturated heterocycles. The van der Waals surface area contributed by atoms with E-state index in [0.29, 0.717) is 12.2 Å². The maximum Gasteiger partial charge on any atom is 0.271 e. The number of ether oxygens (including phenoxy) is 3. The fourth-order valence-corrected chi connectivity index (χ4v) is 4.58. The van der Waals surface area contributed by atoms with Crippen LogP contribution in [0.25, 0.3) is 10.6 Å².